The average molecular weight is 529 g/mol. The molecule has 8 nitrogen and oxygen atoms in total. The number of halogens is 5. The number of fused-ring (bicyclic) bond motifs is 1. The molecule has 2 N–H and O–H groups in total. The Kier molecular flexibility index (Phi) is 6.05. The summed E-state index contributed by atoms with van der Waals surface area (Å²) in [5.74, 6) is -0.868. The molecule has 38 heavy (non-hydrogen) atoms. The van der Waals surface area contributed by atoms with E-state index in [2.05, 4.69) is 26.0 Å². The van der Waals surface area contributed by atoms with Crippen molar-refractivity contribution >= 4 is 22.6 Å². The van der Waals surface area contributed by atoms with Gasteiger partial charge in [-0.05, 0) is 19.1 Å². The van der Waals surface area contributed by atoms with E-state index in [4.69, 9.17) is 6.42 Å². The average Bonchev–Trinajstić information content (AvgIpc) is 3.52. The molecule has 4 heterocycles. The Bertz CT molecular complexity index is 1560. The van der Waals surface area contributed by atoms with Gasteiger partial charge in [-0.1, -0.05) is 0 Å². The molecule has 1 aromatic carbocycles. The predicted molar refractivity (Wildman–Crippen MR) is 128 cm³/mol. The van der Waals surface area contributed by atoms with Crippen molar-refractivity contribution < 1.29 is 26.7 Å². The third-order valence-electron chi connectivity index (χ3n) is 6.56. The Morgan fingerprint density at radius 3 is 2.74 bits per heavy atom. The number of carbonyl (C=O) groups excluding carboxylic acids is 1. The summed E-state index contributed by atoms with van der Waals surface area (Å²) in [6.07, 6.45) is 7.71. The van der Waals surface area contributed by atoms with E-state index >= 15 is 0 Å². The molecular formula is C25H20F5N7O. The number of aromatic nitrogens is 5. The van der Waals surface area contributed by atoms with Crippen LogP contribution in [0.5, 0.6) is 0 Å². The number of alkyl halides is 3. The molecule has 3 aromatic heterocycles. The molecule has 0 unspecified atom stereocenters. The maximum atomic E-state index is 14.9. The van der Waals surface area contributed by atoms with Crippen molar-refractivity contribution in [3.8, 4) is 23.6 Å². The number of H-pyrrole nitrogens is 1. The highest BCUT2D eigenvalue weighted by Gasteiger charge is 2.46. The summed E-state index contributed by atoms with van der Waals surface area (Å²) in [7, 11) is 0. The third kappa shape index (κ3) is 4.31. The molecule has 5 rings (SSSR count). The van der Waals surface area contributed by atoms with Crippen LogP contribution < -0.4 is 10.2 Å². The van der Waals surface area contributed by atoms with Crippen LogP contribution in [0.3, 0.4) is 0 Å². The fourth-order valence-corrected chi connectivity index (χ4v) is 4.48. The summed E-state index contributed by atoms with van der Waals surface area (Å²) < 4.78 is 69.5. The molecule has 1 saturated heterocycles. The largest absolute Gasteiger partial charge is 0.408 e. The zero-order valence-corrected chi connectivity index (χ0v) is 19.9. The van der Waals surface area contributed by atoms with Crippen LogP contribution >= 0.6 is 0 Å². The fourth-order valence-electron chi connectivity index (χ4n) is 4.48. The highest BCUT2D eigenvalue weighted by Crippen LogP contribution is 2.38. The quantitative estimate of drug-likeness (QED) is 0.291. The first-order valence-electron chi connectivity index (χ1n) is 11.4. The summed E-state index contributed by atoms with van der Waals surface area (Å²) in [6, 6.07) is 0.995. The summed E-state index contributed by atoms with van der Waals surface area (Å²) in [5.41, 5.74) is 0.351. The Hall–Kier alpha value is -4.47. The van der Waals surface area contributed by atoms with Gasteiger partial charge >= 0.3 is 6.18 Å². The molecule has 1 amide bonds. The molecule has 196 valence electrons. The minimum atomic E-state index is -4.73. The van der Waals surface area contributed by atoms with E-state index < -0.39 is 40.9 Å². The lowest BCUT2D eigenvalue weighted by Crippen LogP contribution is -2.63. The molecule has 4 aromatic rings. The molecular weight excluding hydrogens is 509 g/mol. The summed E-state index contributed by atoms with van der Waals surface area (Å²) in [4.78, 5) is 25.2. The standard InChI is InChI=1S/C25H20F5N7O/c1-3-5-24(37-10-15(9-34-37)21-16-4-6-31-22(16)33-13-32-21)11-36(12-24)20-8-18(26)17(7-19(20)27)23(38)35-14(2)25(28,29)30/h1,4,6-10,13-14H,5,11-12H2,2H3,(H,35,38)(H,31,32,33)/t14-/m0/s1. The van der Waals surface area contributed by atoms with E-state index in [9.17, 15) is 26.7 Å². The number of anilines is 1. The lowest BCUT2D eigenvalue weighted by Gasteiger charge is -2.50. The van der Waals surface area contributed by atoms with Crippen LogP contribution in [-0.2, 0) is 5.54 Å². The van der Waals surface area contributed by atoms with Gasteiger partial charge in [0, 0.05) is 48.9 Å². The zero-order chi connectivity index (χ0) is 27.2. The first kappa shape index (κ1) is 25.2. The molecule has 1 atom stereocenters. The lowest BCUT2D eigenvalue weighted by atomic mass is 9.86. The minimum absolute atomic E-state index is 0.146. The van der Waals surface area contributed by atoms with E-state index in [1.807, 2.05) is 6.07 Å². The lowest BCUT2D eigenvalue weighted by molar-refractivity contribution is -0.149. The van der Waals surface area contributed by atoms with Gasteiger partial charge in [0.15, 0.2) is 0 Å². The number of hydrogen-bond donors (Lipinski definition) is 2. The second kappa shape index (κ2) is 9.13. The first-order chi connectivity index (χ1) is 18.0. The number of carbonyl (C=O) groups is 1. The van der Waals surface area contributed by atoms with Gasteiger partial charge in [-0.3, -0.25) is 9.48 Å². The first-order valence-corrected chi connectivity index (χ1v) is 11.4. The molecule has 0 aliphatic carbocycles. The van der Waals surface area contributed by atoms with Crippen LogP contribution in [-0.4, -0.2) is 55.9 Å². The van der Waals surface area contributed by atoms with Gasteiger partial charge in [0.25, 0.3) is 5.91 Å². The van der Waals surface area contributed by atoms with Crippen LogP contribution in [0.1, 0.15) is 23.7 Å². The highest BCUT2D eigenvalue weighted by atomic mass is 19.4. The van der Waals surface area contributed by atoms with E-state index in [0.717, 1.165) is 11.5 Å². The van der Waals surface area contributed by atoms with Gasteiger partial charge in [-0.15, -0.1) is 12.3 Å². The van der Waals surface area contributed by atoms with Crippen LogP contribution in [0.2, 0.25) is 0 Å². The van der Waals surface area contributed by atoms with Gasteiger partial charge in [0.2, 0.25) is 0 Å². The van der Waals surface area contributed by atoms with Gasteiger partial charge in [-0.2, -0.15) is 18.3 Å². The van der Waals surface area contributed by atoms with Crippen molar-refractivity contribution in [3.05, 3.63) is 60.3 Å². The van der Waals surface area contributed by atoms with Gasteiger partial charge in [0.1, 0.15) is 35.2 Å². The topological polar surface area (TPSA) is 91.7 Å². The van der Waals surface area contributed by atoms with E-state index in [-0.39, 0.29) is 25.2 Å². The van der Waals surface area contributed by atoms with Crippen LogP contribution in [0.15, 0.2) is 43.1 Å². The second-order valence-corrected chi connectivity index (χ2v) is 9.12. The molecule has 0 spiro atoms. The summed E-state index contributed by atoms with van der Waals surface area (Å²) >= 11 is 0. The molecule has 1 aliphatic heterocycles. The van der Waals surface area contributed by atoms with Crippen LogP contribution in [0, 0.1) is 24.0 Å². The highest BCUT2D eigenvalue weighted by molar-refractivity contribution is 5.95. The van der Waals surface area contributed by atoms with Gasteiger partial charge in [0.05, 0.1) is 23.1 Å². The maximum Gasteiger partial charge on any atom is 0.408 e. The number of nitrogens with one attached hydrogen (secondary N) is 2. The number of rotatable bonds is 6. The Balaban J connectivity index is 1.37. The summed E-state index contributed by atoms with van der Waals surface area (Å²) in [6.45, 7) is 1.06. The monoisotopic (exact) mass is 529 g/mol. The van der Waals surface area contributed by atoms with Crippen molar-refractivity contribution in [2.24, 2.45) is 0 Å². The van der Waals surface area contributed by atoms with E-state index in [0.29, 0.717) is 29.9 Å². The zero-order valence-electron chi connectivity index (χ0n) is 19.9. The molecule has 1 fully saturated rings. The molecule has 0 saturated carbocycles. The van der Waals surface area contributed by atoms with Crippen molar-refractivity contribution in [1.29, 1.82) is 0 Å². The Morgan fingerprint density at radius 1 is 1.26 bits per heavy atom. The SMILES string of the molecule is C#CCC1(n2cc(-c3ncnc4[nH]ccc34)cn2)CN(c2cc(F)c(C(=O)N[C@@H](C)C(F)(F)F)cc2F)C1. The number of nitrogens with zero attached hydrogens (tertiary/aromatic N) is 5. The number of benzene rings is 1. The van der Waals surface area contributed by atoms with Gasteiger partial charge in [-0.25, -0.2) is 18.7 Å². The number of terminal acetylenes is 1. The molecule has 1 aliphatic rings. The van der Waals surface area contributed by atoms with Crippen molar-refractivity contribution in [2.45, 2.75) is 31.1 Å². The van der Waals surface area contributed by atoms with Gasteiger partial charge < -0.3 is 15.2 Å². The second-order valence-electron chi connectivity index (χ2n) is 9.12. The molecule has 13 heteroatoms. The van der Waals surface area contributed by atoms with Crippen LogP contribution in [0.25, 0.3) is 22.3 Å². The maximum absolute atomic E-state index is 14.9. The number of amides is 1. The molecule has 0 radical (unpaired) electrons. The minimum Gasteiger partial charge on any atom is -0.364 e. The Labute approximate surface area is 212 Å². The normalized spacial score (nSPS) is 15.7. The van der Waals surface area contributed by atoms with Crippen molar-refractivity contribution in [1.82, 2.24) is 30.0 Å². The van der Waals surface area contributed by atoms with Crippen LogP contribution in [0.4, 0.5) is 27.6 Å². The smallest absolute Gasteiger partial charge is 0.364 e. The van der Waals surface area contributed by atoms with Crippen molar-refractivity contribution in [2.75, 3.05) is 18.0 Å². The van der Waals surface area contributed by atoms with Crippen molar-refractivity contribution in [3.63, 3.8) is 0 Å². The number of hydrogen-bond acceptors (Lipinski definition) is 5. The van der Waals surface area contributed by atoms with E-state index in [1.54, 1.807) is 28.6 Å². The fraction of sp³-hybridized carbons (Fsp3) is 0.280. The predicted octanol–water partition coefficient (Wildman–Crippen LogP) is 4.02. The summed E-state index contributed by atoms with van der Waals surface area (Å²) in [5, 5.41) is 6.89. The Morgan fingerprint density at radius 2 is 2.03 bits per heavy atom. The number of aromatic amines is 1. The molecule has 0 bridgehead atoms. The third-order valence-corrected chi connectivity index (χ3v) is 6.56. The van der Waals surface area contributed by atoms with E-state index in [1.165, 1.54) is 11.2 Å².